The van der Waals surface area contributed by atoms with Crippen LogP contribution in [-0.4, -0.2) is 13.0 Å². The number of nitrogens with one attached hydrogen (secondary N) is 1. The number of amides is 1. The lowest BCUT2D eigenvalue weighted by atomic mass is 10.1. The van der Waals surface area contributed by atoms with Crippen LogP contribution in [-0.2, 0) is 11.4 Å². The third-order valence-electron chi connectivity index (χ3n) is 3.60. The average Bonchev–Trinajstić information content (AvgIpc) is 2.60. The molecule has 1 amide bonds. The van der Waals surface area contributed by atoms with Gasteiger partial charge in [0.15, 0.2) is 0 Å². The maximum Gasteiger partial charge on any atom is 0.336 e. The quantitative estimate of drug-likeness (QED) is 0.721. The van der Waals surface area contributed by atoms with Gasteiger partial charge in [0.2, 0.25) is 5.91 Å². The van der Waals surface area contributed by atoms with E-state index in [4.69, 9.17) is 13.9 Å². The molecule has 0 aliphatic rings. The van der Waals surface area contributed by atoms with E-state index in [1.165, 1.54) is 13.0 Å². The van der Waals surface area contributed by atoms with Crippen LogP contribution in [0.25, 0.3) is 11.0 Å². The SMILES string of the molecule is COc1ccc2oc(=O)cc(COc3ccc(NC(C)=O)cc3)c2c1. The molecule has 0 saturated carbocycles. The van der Waals surface area contributed by atoms with E-state index in [0.717, 1.165) is 5.39 Å². The largest absolute Gasteiger partial charge is 0.497 e. The van der Waals surface area contributed by atoms with Gasteiger partial charge in [0, 0.05) is 29.6 Å². The number of carbonyl (C=O) groups is 1. The molecule has 3 aromatic rings. The molecule has 2 aromatic carbocycles. The topological polar surface area (TPSA) is 77.8 Å². The molecule has 0 saturated heterocycles. The van der Waals surface area contributed by atoms with Gasteiger partial charge in [0.25, 0.3) is 0 Å². The summed E-state index contributed by atoms with van der Waals surface area (Å²) >= 11 is 0. The van der Waals surface area contributed by atoms with E-state index in [0.29, 0.717) is 28.3 Å². The Labute approximate surface area is 144 Å². The van der Waals surface area contributed by atoms with E-state index in [-0.39, 0.29) is 12.5 Å². The van der Waals surface area contributed by atoms with Gasteiger partial charge in [-0.15, -0.1) is 0 Å². The molecule has 1 aromatic heterocycles. The molecule has 1 heterocycles. The molecule has 128 valence electrons. The third-order valence-corrected chi connectivity index (χ3v) is 3.60. The van der Waals surface area contributed by atoms with Crippen molar-refractivity contribution < 1.29 is 18.7 Å². The Balaban J connectivity index is 1.82. The highest BCUT2D eigenvalue weighted by Crippen LogP contribution is 2.24. The molecule has 6 nitrogen and oxygen atoms in total. The van der Waals surface area contributed by atoms with Crippen molar-refractivity contribution >= 4 is 22.6 Å². The molecule has 0 fully saturated rings. The standard InChI is InChI=1S/C19H17NO5/c1-12(21)20-14-3-5-15(6-4-14)24-11-13-9-19(22)25-18-8-7-16(23-2)10-17(13)18/h3-10H,11H2,1-2H3,(H,20,21). The lowest BCUT2D eigenvalue weighted by Gasteiger charge is -2.10. The second-order valence-electron chi connectivity index (χ2n) is 5.45. The predicted octanol–water partition coefficient (Wildman–Crippen LogP) is 3.34. The zero-order chi connectivity index (χ0) is 17.8. The Hall–Kier alpha value is -3.28. The highest BCUT2D eigenvalue weighted by atomic mass is 16.5. The third kappa shape index (κ3) is 3.98. The van der Waals surface area contributed by atoms with Crippen molar-refractivity contribution in [2.24, 2.45) is 0 Å². The van der Waals surface area contributed by atoms with Gasteiger partial charge in [-0.05, 0) is 42.5 Å². The zero-order valence-corrected chi connectivity index (χ0v) is 13.9. The monoisotopic (exact) mass is 339 g/mol. The molecule has 25 heavy (non-hydrogen) atoms. The average molecular weight is 339 g/mol. The lowest BCUT2D eigenvalue weighted by molar-refractivity contribution is -0.114. The van der Waals surface area contributed by atoms with E-state index in [9.17, 15) is 9.59 Å². The van der Waals surface area contributed by atoms with Crippen LogP contribution in [0.15, 0.2) is 57.7 Å². The Morgan fingerprint density at radius 2 is 1.80 bits per heavy atom. The van der Waals surface area contributed by atoms with Gasteiger partial charge < -0.3 is 19.2 Å². The number of hydrogen-bond donors (Lipinski definition) is 1. The smallest absolute Gasteiger partial charge is 0.336 e. The van der Waals surface area contributed by atoms with E-state index >= 15 is 0 Å². The lowest BCUT2D eigenvalue weighted by Crippen LogP contribution is -2.06. The van der Waals surface area contributed by atoms with E-state index in [1.54, 1.807) is 49.6 Å². The molecular formula is C19H17NO5. The number of hydrogen-bond acceptors (Lipinski definition) is 5. The van der Waals surface area contributed by atoms with Crippen molar-refractivity contribution in [3.63, 3.8) is 0 Å². The first-order valence-corrected chi connectivity index (χ1v) is 7.66. The van der Waals surface area contributed by atoms with Gasteiger partial charge in [0.1, 0.15) is 23.7 Å². The van der Waals surface area contributed by atoms with Gasteiger partial charge in [-0.2, -0.15) is 0 Å². The van der Waals surface area contributed by atoms with Gasteiger partial charge in [-0.25, -0.2) is 4.79 Å². The molecule has 3 rings (SSSR count). The van der Waals surface area contributed by atoms with Crippen LogP contribution in [0.4, 0.5) is 5.69 Å². The summed E-state index contributed by atoms with van der Waals surface area (Å²) in [5, 5.41) is 3.45. The summed E-state index contributed by atoms with van der Waals surface area (Å²) in [6, 6.07) is 13.6. The first-order valence-electron chi connectivity index (χ1n) is 7.66. The second kappa shape index (κ2) is 7.09. The van der Waals surface area contributed by atoms with Crippen molar-refractivity contribution in [1.29, 1.82) is 0 Å². The first-order chi connectivity index (χ1) is 12.0. The number of carbonyl (C=O) groups excluding carboxylic acids is 1. The Kier molecular flexibility index (Phi) is 4.70. The van der Waals surface area contributed by atoms with E-state index in [2.05, 4.69) is 5.32 Å². The van der Waals surface area contributed by atoms with Crippen molar-refractivity contribution in [1.82, 2.24) is 0 Å². The van der Waals surface area contributed by atoms with Crippen LogP contribution < -0.4 is 20.4 Å². The predicted molar refractivity (Wildman–Crippen MR) is 94.1 cm³/mol. The molecule has 0 atom stereocenters. The maximum absolute atomic E-state index is 11.7. The summed E-state index contributed by atoms with van der Waals surface area (Å²) in [6.07, 6.45) is 0. The van der Waals surface area contributed by atoms with Crippen LogP contribution in [0.3, 0.4) is 0 Å². The van der Waals surface area contributed by atoms with Crippen molar-refractivity contribution in [2.75, 3.05) is 12.4 Å². The van der Waals surface area contributed by atoms with Crippen LogP contribution >= 0.6 is 0 Å². The van der Waals surface area contributed by atoms with Crippen LogP contribution in [0.1, 0.15) is 12.5 Å². The fourth-order valence-corrected chi connectivity index (χ4v) is 2.45. The summed E-state index contributed by atoms with van der Waals surface area (Å²) in [5.41, 5.74) is 1.44. The second-order valence-corrected chi connectivity index (χ2v) is 5.45. The number of rotatable bonds is 5. The fraction of sp³-hybridized carbons (Fsp3) is 0.158. The summed E-state index contributed by atoms with van der Waals surface area (Å²) in [5.74, 6) is 1.16. The normalized spacial score (nSPS) is 10.5. The number of methoxy groups -OCH3 is 1. The summed E-state index contributed by atoms with van der Waals surface area (Å²) < 4.78 is 16.2. The zero-order valence-electron chi connectivity index (χ0n) is 13.9. The molecule has 0 aliphatic carbocycles. The number of anilines is 1. The number of benzene rings is 2. The summed E-state index contributed by atoms with van der Waals surface area (Å²) in [6.45, 7) is 1.65. The maximum atomic E-state index is 11.7. The Bertz CT molecular complexity index is 960. The summed E-state index contributed by atoms with van der Waals surface area (Å²) in [7, 11) is 1.58. The highest BCUT2D eigenvalue weighted by molar-refractivity contribution is 5.88. The van der Waals surface area contributed by atoms with Gasteiger partial charge in [-0.3, -0.25) is 4.79 Å². The van der Waals surface area contributed by atoms with Crippen molar-refractivity contribution in [2.45, 2.75) is 13.5 Å². The van der Waals surface area contributed by atoms with Gasteiger partial charge in [0.05, 0.1) is 7.11 Å². The van der Waals surface area contributed by atoms with Crippen LogP contribution in [0.2, 0.25) is 0 Å². The van der Waals surface area contributed by atoms with E-state index in [1.807, 2.05) is 0 Å². The highest BCUT2D eigenvalue weighted by Gasteiger charge is 2.08. The molecule has 0 unspecified atom stereocenters. The Morgan fingerprint density at radius 3 is 2.48 bits per heavy atom. The number of ether oxygens (including phenoxy) is 2. The van der Waals surface area contributed by atoms with E-state index < -0.39 is 5.63 Å². The van der Waals surface area contributed by atoms with Crippen molar-refractivity contribution in [3.05, 3.63) is 64.5 Å². The fourth-order valence-electron chi connectivity index (χ4n) is 2.45. The van der Waals surface area contributed by atoms with Crippen LogP contribution in [0, 0.1) is 0 Å². The minimum atomic E-state index is -0.433. The number of fused-ring (bicyclic) bond motifs is 1. The minimum Gasteiger partial charge on any atom is -0.497 e. The van der Waals surface area contributed by atoms with Gasteiger partial charge in [-0.1, -0.05) is 0 Å². The Morgan fingerprint density at radius 1 is 1.08 bits per heavy atom. The molecular weight excluding hydrogens is 322 g/mol. The minimum absolute atomic E-state index is 0.134. The van der Waals surface area contributed by atoms with Gasteiger partial charge >= 0.3 is 5.63 Å². The molecule has 0 spiro atoms. The molecule has 1 N–H and O–H groups in total. The first kappa shape index (κ1) is 16.6. The van der Waals surface area contributed by atoms with Crippen LogP contribution in [0.5, 0.6) is 11.5 Å². The molecule has 0 aliphatic heterocycles. The molecule has 0 bridgehead atoms. The van der Waals surface area contributed by atoms with Crippen molar-refractivity contribution in [3.8, 4) is 11.5 Å². The summed E-state index contributed by atoms with van der Waals surface area (Å²) in [4.78, 5) is 22.8. The molecule has 6 heteroatoms. The molecule has 0 radical (unpaired) electrons.